The van der Waals surface area contributed by atoms with Crippen molar-refractivity contribution in [1.29, 1.82) is 0 Å². The Morgan fingerprint density at radius 1 is 1.62 bits per heavy atom. The van der Waals surface area contributed by atoms with Gasteiger partial charge < -0.3 is 21.1 Å². The van der Waals surface area contributed by atoms with Crippen LogP contribution in [0.15, 0.2) is 0 Å². The Morgan fingerprint density at radius 2 is 2.38 bits per heavy atom. The van der Waals surface area contributed by atoms with Crippen molar-refractivity contribution in [2.75, 3.05) is 26.7 Å². The van der Waals surface area contributed by atoms with E-state index in [0.29, 0.717) is 13.0 Å². The van der Waals surface area contributed by atoms with E-state index >= 15 is 0 Å². The van der Waals surface area contributed by atoms with Gasteiger partial charge in [0.25, 0.3) is 0 Å². The van der Waals surface area contributed by atoms with E-state index in [-0.39, 0.29) is 17.6 Å². The minimum absolute atomic E-state index is 0.0143. The summed E-state index contributed by atoms with van der Waals surface area (Å²) in [6.07, 6.45) is 2.60. The summed E-state index contributed by atoms with van der Waals surface area (Å²) in [5.74, 6) is 0.0143. The second kappa shape index (κ2) is 6.18. The molecule has 0 aromatic carbocycles. The predicted molar refractivity (Wildman–Crippen MR) is 63.1 cm³/mol. The molecule has 0 bridgehead atoms. The molecule has 5 nitrogen and oxygen atoms in total. The summed E-state index contributed by atoms with van der Waals surface area (Å²) in [6.45, 7) is 4.15. The summed E-state index contributed by atoms with van der Waals surface area (Å²) in [7, 11) is 1.64. The highest BCUT2D eigenvalue weighted by atomic mass is 16.5. The average Bonchev–Trinajstić information content (AvgIpc) is 2.71. The van der Waals surface area contributed by atoms with E-state index in [1.54, 1.807) is 7.05 Å². The summed E-state index contributed by atoms with van der Waals surface area (Å²) in [6, 6.07) is 0.0287. The van der Waals surface area contributed by atoms with Crippen LogP contribution >= 0.6 is 0 Å². The average molecular weight is 229 g/mol. The molecular weight excluding hydrogens is 206 g/mol. The standard InChI is InChI=1S/C11H23N3O2/c1-11(4-3-5-16-11)8-14-9(7-12)6-10(15)13-2/h9,14H,3-8,12H2,1-2H3,(H,13,15). The van der Waals surface area contributed by atoms with Gasteiger partial charge >= 0.3 is 0 Å². The monoisotopic (exact) mass is 229 g/mol. The molecule has 1 amide bonds. The number of hydrogen-bond donors (Lipinski definition) is 3. The van der Waals surface area contributed by atoms with Gasteiger partial charge in [0.1, 0.15) is 0 Å². The van der Waals surface area contributed by atoms with Crippen molar-refractivity contribution in [2.24, 2.45) is 5.73 Å². The number of carbonyl (C=O) groups is 1. The molecule has 2 atom stereocenters. The number of ether oxygens (including phenoxy) is 1. The normalized spacial score (nSPS) is 26.7. The molecule has 94 valence electrons. The zero-order valence-electron chi connectivity index (χ0n) is 10.2. The number of hydrogen-bond acceptors (Lipinski definition) is 4. The first-order valence-corrected chi connectivity index (χ1v) is 5.87. The van der Waals surface area contributed by atoms with Crippen LogP contribution in [0, 0.1) is 0 Å². The molecule has 2 unspecified atom stereocenters. The molecule has 1 rings (SSSR count). The molecule has 0 aliphatic carbocycles. The molecule has 1 heterocycles. The summed E-state index contributed by atoms with van der Waals surface area (Å²) < 4.78 is 5.66. The van der Waals surface area contributed by atoms with Crippen molar-refractivity contribution in [3.05, 3.63) is 0 Å². The van der Waals surface area contributed by atoms with Crippen molar-refractivity contribution in [2.45, 2.75) is 37.8 Å². The van der Waals surface area contributed by atoms with Crippen LogP contribution in [0.1, 0.15) is 26.2 Å². The van der Waals surface area contributed by atoms with Crippen LogP contribution < -0.4 is 16.4 Å². The van der Waals surface area contributed by atoms with Gasteiger partial charge in [-0.25, -0.2) is 0 Å². The largest absolute Gasteiger partial charge is 0.374 e. The molecule has 1 aliphatic rings. The molecule has 0 radical (unpaired) electrons. The second-order valence-corrected chi connectivity index (χ2v) is 4.59. The second-order valence-electron chi connectivity index (χ2n) is 4.59. The molecule has 0 spiro atoms. The summed E-state index contributed by atoms with van der Waals surface area (Å²) in [5.41, 5.74) is 5.53. The van der Waals surface area contributed by atoms with E-state index < -0.39 is 0 Å². The number of carbonyl (C=O) groups excluding carboxylic acids is 1. The zero-order valence-corrected chi connectivity index (χ0v) is 10.2. The van der Waals surface area contributed by atoms with Crippen molar-refractivity contribution < 1.29 is 9.53 Å². The predicted octanol–water partition coefficient (Wildman–Crippen LogP) is -0.391. The lowest BCUT2D eigenvalue weighted by Gasteiger charge is -2.26. The Kier molecular flexibility index (Phi) is 5.18. The van der Waals surface area contributed by atoms with Crippen LogP contribution in [0.5, 0.6) is 0 Å². The third kappa shape index (κ3) is 4.08. The van der Waals surface area contributed by atoms with E-state index in [1.165, 1.54) is 0 Å². The van der Waals surface area contributed by atoms with Gasteiger partial charge in [0.2, 0.25) is 5.91 Å². The molecule has 0 aromatic heterocycles. The highest BCUT2D eigenvalue weighted by Crippen LogP contribution is 2.24. The first-order valence-electron chi connectivity index (χ1n) is 5.87. The highest BCUT2D eigenvalue weighted by Gasteiger charge is 2.30. The van der Waals surface area contributed by atoms with E-state index in [9.17, 15) is 4.79 Å². The van der Waals surface area contributed by atoms with Gasteiger partial charge in [0.15, 0.2) is 0 Å². The van der Waals surface area contributed by atoms with Crippen LogP contribution in [0.4, 0.5) is 0 Å². The topological polar surface area (TPSA) is 76.4 Å². The van der Waals surface area contributed by atoms with Crippen LogP contribution in [-0.4, -0.2) is 44.3 Å². The fourth-order valence-corrected chi connectivity index (χ4v) is 1.90. The molecule has 16 heavy (non-hydrogen) atoms. The van der Waals surface area contributed by atoms with Gasteiger partial charge in [-0.15, -0.1) is 0 Å². The summed E-state index contributed by atoms with van der Waals surface area (Å²) in [5, 5.41) is 5.91. The Morgan fingerprint density at radius 3 is 2.88 bits per heavy atom. The molecular formula is C11H23N3O2. The van der Waals surface area contributed by atoms with Gasteiger partial charge in [0, 0.05) is 39.2 Å². The zero-order chi connectivity index (χ0) is 12.0. The van der Waals surface area contributed by atoms with Gasteiger partial charge in [-0.1, -0.05) is 0 Å². The maximum Gasteiger partial charge on any atom is 0.221 e. The third-order valence-electron chi connectivity index (χ3n) is 3.06. The smallest absolute Gasteiger partial charge is 0.221 e. The Balaban J connectivity index is 2.30. The van der Waals surface area contributed by atoms with Crippen molar-refractivity contribution in [3.63, 3.8) is 0 Å². The Labute approximate surface area is 97.1 Å². The molecule has 0 aromatic rings. The summed E-state index contributed by atoms with van der Waals surface area (Å²) >= 11 is 0. The maximum atomic E-state index is 11.2. The van der Waals surface area contributed by atoms with E-state index in [0.717, 1.165) is 26.0 Å². The number of amides is 1. The van der Waals surface area contributed by atoms with E-state index in [4.69, 9.17) is 10.5 Å². The highest BCUT2D eigenvalue weighted by molar-refractivity contribution is 5.76. The molecule has 1 aliphatic heterocycles. The fraction of sp³-hybridized carbons (Fsp3) is 0.909. The molecule has 1 saturated heterocycles. The lowest BCUT2D eigenvalue weighted by molar-refractivity contribution is -0.121. The van der Waals surface area contributed by atoms with Gasteiger partial charge in [-0.3, -0.25) is 4.79 Å². The van der Waals surface area contributed by atoms with Gasteiger partial charge in [-0.05, 0) is 19.8 Å². The first kappa shape index (κ1) is 13.4. The quantitative estimate of drug-likeness (QED) is 0.580. The molecule has 4 N–H and O–H groups in total. The third-order valence-corrected chi connectivity index (χ3v) is 3.06. The minimum Gasteiger partial charge on any atom is -0.374 e. The summed E-state index contributed by atoms with van der Waals surface area (Å²) in [4.78, 5) is 11.2. The Bertz CT molecular complexity index is 227. The SMILES string of the molecule is CNC(=O)CC(CN)NCC1(C)CCCO1. The lowest BCUT2D eigenvalue weighted by Crippen LogP contribution is -2.46. The molecule has 5 heteroatoms. The lowest BCUT2D eigenvalue weighted by atomic mass is 10.0. The fourth-order valence-electron chi connectivity index (χ4n) is 1.90. The van der Waals surface area contributed by atoms with E-state index in [1.807, 2.05) is 0 Å². The maximum absolute atomic E-state index is 11.2. The van der Waals surface area contributed by atoms with Crippen LogP contribution in [0.3, 0.4) is 0 Å². The van der Waals surface area contributed by atoms with Crippen molar-refractivity contribution in [1.82, 2.24) is 10.6 Å². The Hall–Kier alpha value is -0.650. The number of nitrogens with one attached hydrogen (secondary N) is 2. The van der Waals surface area contributed by atoms with Crippen LogP contribution in [0.25, 0.3) is 0 Å². The van der Waals surface area contributed by atoms with Crippen molar-refractivity contribution in [3.8, 4) is 0 Å². The molecule has 1 fully saturated rings. The van der Waals surface area contributed by atoms with Crippen LogP contribution in [-0.2, 0) is 9.53 Å². The first-order chi connectivity index (χ1) is 7.59. The van der Waals surface area contributed by atoms with E-state index in [2.05, 4.69) is 17.6 Å². The van der Waals surface area contributed by atoms with Crippen molar-refractivity contribution >= 4 is 5.91 Å². The molecule has 0 saturated carbocycles. The van der Waals surface area contributed by atoms with Crippen LogP contribution in [0.2, 0.25) is 0 Å². The number of nitrogens with two attached hydrogens (primary N) is 1. The number of rotatable bonds is 6. The minimum atomic E-state index is -0.0872. The van der Waals surface area contributed by atoms with Gasteiger partial charge in [-0.2, -0.15) is 0 Å². The van der Waals surface area contributed by atoms with Gasteiger partial charge in [0.05, 0.1) is 5.60 Å².